The molecule has 0 amide bonds. The lowest BCUT2D eigenvalue weighted by molar-refractivity contribution is 0.395. The summed E-state index contributed by atoms with van der Waals surface area (Å²) in [5.74, 6) is 3.13. The molecule has 8 heteroatoms. The molecule has 0 fully saturated rings. The summed E-state index contributed by atoms with van der Waals surface area (Å²) in [5, 5.41) is 14.3. The summed E-state index contributed by atoms with van der Waals surface area (Å²) in [4.78, 5) is 4.43. The number of nitrogens with one attached hydrogen (secondary N) is 2. The van der Waals surface area contributed by atoms with E-state index in [1.807, 2.05) is 36.4 Å². The van der Waals surface area contributed by atoms with Gasteiger partial charge >= 0.3 is 0 Å². The number of ether oxygens (including phenoxy) is 3. The van der Waals surface area contributed by atoms with Gasteiger partial charge in [0.15, 0.2) is 5.82 Å². The molecule has 2 aromatic carbocycles. The van der Waals surface area contributed by atoms with Crippen LogP contribution in [0.2, 0.25) is 0 Å². The Bertz CT molecular complexity index is 887. The first-order valence-corrected chi connectivity index (χ1v) is 8.27. The third kappa shape index (κ3) is 4.75. The molecule has 27 heavy (non-hydrogen) atoms. The Labute approximate surface area is 157 Å². The van der Waals surface area contributed by atoms with Gasteiger partial charge in [0, 0.05) is 12.6 Å². The Morgan fingerprint density at radius 1 is 0.889 bits per heavy atom. The Hall–Kier alpha value is -3.55. The summed E-state index contributed by atoms with van der Waals surface area (Å²) in [6.45, 7) is 0.570. The highest BCUT2D eigenvalue weighted by Gasteiger charge is 2.07. The van der Waals surface area contributed by atoms with Crippen molar-refractivity contribution >= 4 is 17.5 Å². The van der Waals surface area contributed by atoms with E-state index in [4.69, 9.17) is 14.2 Å². The highest BCUT2D eigenvalue weighted by atomic mass is 16.5. The summed E-state index contributed by atoms with van der Waals surface area (Å²) < 4.78 is 15.7. The van der Waals surface area contributed by atoms with Crippen molar-refractivity contribution in [2.24, 2.45) is 0 Å². The molecular formula is C19H21N5O3. The summed E-state index contributed by atoms with van der Waals surface area (Å²) in [7, 11) is 4.85. The summed E-state index contributed by atoms with van der Waals surface area (Å²) in [6.07, 6.45) is 1.54. The SMILES string of the molecule is COc1ccc(CNc2nncc(Nc3ccc(OC)cc3OC)n2)cc1. The number of rotatable bonds is 8. The normalized spacial score (nSPS) is 10.2. The van der Waals surface area contributed by atoms with E-state index in [2.05, 4.69) is 25.8 Å². The maximum atomic E-state index is 5.38. The van der Waals surface area contributed by atoms with E-state index >= 15 is 0 Å². The molecule has 0 atom stereocenters. The molecule has 8 nitrogen and oxygen atoms in total. The molecule has 0 bridgehead atoms. The molecule has 0 aliphatic carbocycles. The molecule has 140 valence electrons. The molecule has 0 spiro atoms. The first kappa shape index (κ1) is 18.2. The van der Waals surface area contributed by atoms with Crippen LogP contribution in [0.5, 0.6) is 17.2 Å². The number of benzene rings is 2. The second kappa shape index (κ2) is 8.70. The van der Waals surface area contributed by atoms with Crippen molar-refractivity contribution in [3.8, 4) is 17.2 Å². The van der Waals surface area contributed by atoms with Gasteiger partial charge in [0.25, 0.3) is 0 Å². The second-order valence-electron chi connectivity index (χ2n) is 5.56. The van der Waals surface area contributed by atoms with E-state index in [-0.39, 0.29) is 0 Å². The lowest BCUT2D eigenvalue weighted by atomic mass is 10.2. The fraction of sp³-hybridized carbons (Fsp3) is 0.211. The van der Waals surface area contributed by atoms with Crippen LogP contribution in [0.3, 0.4) is 0 Å². The molecule has 0 saturated heterocycles. The Balaban J connectivity index is 1.68. The number of anilines is 3. The standard InChI is InChI=1S/C19H21N5O3/c1-25-14-6-4-13(5-7-14)11-20-19-23-18(12-21-24-19)22-16-9-8-15(26-2)10-17(16)27-3/h4-10,12H,11H2,1-3H3,(H2,20,22,23,24). The first-order valence-electron chi connectivity index (χ1n) is 8.27. The maximum Gasteiger partial charge on any atom is 0.244 e. The second-order valence-corrected chi connectivity index (χ2v) is 5.56. The maximum absolute atomic E-state index is 5.38. The minimum Gasteiger partial charge on any atom is -0.497 e. The Kier molecular flexibility index (Phi) is 5.88. The Morgan fingerprint density at radius 3 is 2.33 bits per heavy atom. The molecule has 1 aromatic heterocycles. The van der Waals surface area contributed by atoms with Crippen molar-refractivity contribution in [3.05, 3.63) is 54.2 Å². The van der Waals surface area contributed by atoms with Crippen LogP contribution in [0, 0.1) is 0 Å². The van der Waals surface area contributed by atoms with Crippen LogP contribution in [0.25, 0.3) is 0 Å². The fourth-order valence-corrected chi connectivity index (χ4v) is 2.40. The monoisotopic (exact) mass is 367 g/mol. The fourth-order valence-electron chi connectivity index (χ4n) is 2.40. The number of methoxy groups -OCH3 is 3. The predicted octanol–water partition coefficient (Wildman–Crippen LogP) is 3.25. The van der Waals surface area contributed by atoms with Crippen LogP contribution in [0.1, 0.15) is 5.56 Å². The smallest absolute Gasteiger partial charge is 0.244 e. The van der Waals surface area contributed by atoms with Crippen LogP contribution in [-0.4, -0.2) is 36.5 Å². The molecule has 0 saturated carbocycles. The number of nitrogens with zero attached hydrogens (tertiary/aromatic N) is 3. The van der Waals surface area contributed by atoms with Crippen molar-refractivity contribution in [2.75, 3.05) is 32.0 Å². The van der Waals surface area contributed by atoms with Crippen molar-refractivity contribution in [3.63, 3.8) is 0 Å². The molecule has 3 aromatic rings. The lowest BCUT2D eigenvalue weighted by Gasteiger charge is -2.12. The number of hydrogen-bond acceptors (Lipinski definition) is 8. The van der Waals surface area contributed by atoms with Crippen molar-refractivity contribution in [1.29, 1.82) is 0 Å². The van der Waals surface area contributed by atoms with Gasteiger partial charge in [-0.25, -0.2) is 0 Å². The van der Waals surface area contributed by atoms with Gasteiger partial charge < -0.3 is 24.8 Å². The zero-order chi connectivity index (χ0) is 19.1. The van der Waals surface area contributed by atoms with Gasteiger partial charge in [0.2, 0.25) is 5.95 Å². The van der Waals surface area contributed by atoms with Gasteiger partial charge in [0.05, 0.1) is 33.2 Å². The Morgan fingerprint density at radius 2 is 1.63 bits per heavy atom. The summed E-state index contributed by atoms with van der Waals surface area (Å²) in [6, 6.07) is 13.2. The molecule has 0 aliphatic rings. The quantitative estimate of drug-likeness (QED) is 0.627. The number of hydrogen-bond donors (Lipinski definition) is 2. The lowest BCUT2D eigenvalue weighted by Crippen LogP contribution is -2.06. The number of aromatic nitrogens is 3. The molecule has 2 N–H and O–H groups in total. The van der Waals surface area contributed by atoms with Gasteiger partial charge in [0.1, 0.15) is 17.2 Å². The van der Waals surface area contributed by atoms with Crippen LogP contribution in [0.15, 0.2) is 48.7 Å². The predicted molar refractivity (Wildman–Crippen MR) is 103 cm³/mol. The van der Waals surface area contributed by atoms with Gasteiger partial charge in [-0.2, -0.15) is 10.1 Å². The molecule has 0 aliphatic heterocycles. The minimum absolute atomic E-state index is 0.420. The third-order valence-corrected chi connectivity index (χ3v) is 3.84. The van der Waals surface area contributed by atoms with E-state index in [1.54, 1.807) is 33.6 Å². The van der Waals surface area contributed by atoms with E-state index < -0.39 is 0 Å². The molecule has 3 rings (SSSR count). The topological polar surface area (TPSA) is 90.4 Å². The molecule has 0 radical (unpaired) electrons. The summed E-state index contributed by atoms with van der Waals surface area (Å²) in [5.41, 5.74) is 1.83. The molecular weight excluding hydrogens is 346 g/mol. The van der Waals surface area contributed by atoms with Crippen LogP contribution in [0.4, 0.5) is 17.5 Å². The van der Waals surface area contributed by atoms with Crippen LogP contribution in [-0.2, 0) is 6.54 Å². The van der Waals surface area contributed by atoms with E-state index in [0.717, 1.165) is 17.0 Å². The van der Waals surface area contributed by atoms with E-state index in [0.29, 0.717) is 29.8 Å². The summed E-state index contributed by atoms with van der Waals surface area (Å²) >= 11 is 0. The van der Waals surface area contributed by atoms with Crippen LogP contribution < -0.4 is 24.8 Å². The van der Waals surface area contributed by atoms with Gasteiger partial charge in [-0.1, -0.05) is 12.1 Å². The van der Waals surface area contributed by atoms with Gasteiger partial charge in [-0.15, -0.1) is 5.10 Å². The van der Waals surface area contributed by atoms with E-state index in [9.17, 15) is 0 Å². The van der Waals surface area contributed by atoms with Crippen molar-refractivity contribution in [1.82, 2.24) is 15.2 Å². The zero-order valence-electron chi connectivity index (χ0n) is 15.4. The first-order chi connectivity index (χ1) is 13.2. The van der Waals surface area contributed by atoms with Crippen molar-refractivity contribution < 1.29 is 14.2 Å². The largest absolute Gasteiger partial charge is 0.497 e. The average Bonchev–Trinajstić information content (AvgIpc) is 2.73. The minimum atomic E-state index is 0.420. The zero-order valence-corrected chi connectivity index (χ0v) is 15.4. The van der Waals surface area contributed by atoms with Crippen LogP contribution >= 0.6 is 0 Å². The van der Waals surface area contributed by atoms with Gasteiger partial charge in [-0.05, 0) is 29.8 Å². The third-order valence-electron chi connectivity index (χ3n) is 3.84. The highest BCUT2D eigenvalue weighted by Crippen LogP contribution is 2.30. The van der Waals surface area contributed by atoms with E-state index in [1.165, 1.54) is 0 Å². The average molecular weight is 367 g/mol. The molecule has 0 unspecified atom stereocenters. The highest BCUT2D eigenvalue weighted by molar-refractivity contribution is 5.65. The van der Waals surface area contributed by atoms with Gasteiger partial charge in [-0.3, -0.25) is 0 Å². The van der Waals surface area contributed by atoms with Crippen molar-refractivity contribution in [2.45, 2.75) is 6.54 Å². The molecule has 1 heterocycles.